The Morgan fingerprint density at radius 1 is 1.27 bits per heavy atom. The molecule has 0 saturated carbocycles. The van der Waals surface area contributed by atoms with Gasteiger partial charge in [0.15, 0.2) is 11.0 Å². The van der Waals surface area contributed by atoms with Crippen molar-refractivity contribution in [1.82, 2.24) is 14.8 Å². The van der Waals surface area contributed by atoms with Gasteiger partial charge < -0.3 is 10.1 Å². The summed E-state index contributed by atoms with van der Waals surface area (Å²) >= 11 is 1.25. The van der Waals surface area contributed by atoms with Crippen LogP contribution in [0.2, 0.25) is 0 Å². The number of benzene rings is 2. The molecule has 0 spiro atoms. The molecule has 0 saturated heterocycles. The number of ether oxygens (including phenoxy) is 1. The molecular formula is C22H23FN4O2S. The van der Waals surface area contributed by atoms with E-state index >= 15 is 0 Å². The maximum absolute atomic E-state index is 13.2. The molecule has 156 valence electrons. The van der Waals surface area contributed by atoms with Crippen LogP contribution in [0.1, 0.15) is 18.3 Å². The first-order valence-corrected chi connectivity index (χ1v) is 10.5. The van der Waals surface area contributed by atoms with Crippen molar-refractivity contribution >= 4 is 23.4 Å². The van der Waals surface area contributed by atoms with Crippen molar-refractivity contribution in [1.29, 1.82) is 0 Å². The van der Waals surface area contributed by atoms with Crippen molar-refractivity contribution in [3.63, 3.8) is 0 Å². The molecule has 0 aliphatic carbocycles. The first kappa shape index (κ1) is 21.6. The largest absolute Gasteiger partial charge is 0.486 e. The molecule has 0 fully saturated rings. The van der Waals surface area contributed by atoms with Crippen molar-refractivity contribution in [2.75, 3.05) is 11.1 Å². The van der Waals surface area contributed by atoms with Crippen LogP contribution in [0.15, 0.2) is 66.3 Å². The maximum atomic E-state index is 13.2. The molecule has 1 N–H and O–H groups in total. The summed E-state index contributed by atoms with van der Waals surface area (Å²) in [5, 5.41) is 11.6. The maximum Gasteiger partial charge on any atom is 0.234 e. The first-order chi connectivity index (χ1) is 14.6. The van der Waals surface area contributed by atoms with Gasteiger partial charge in [0.05, 0.1) is 5.75 Å². The molecule has 8 heteroatoms. The van der Waals surface area contributed by atoms with Gasteiger partial charge in [-0.2, -0.15) is 0 Å². The third-order valence-electron chi connectivity index (χ3n) is 4.25. The van der Waals surface area contributed by atoms with Gasteiger partial charge in [0.1, 0.15) is 18.2 Å². The SMILES string of the molecule is C=CCn1c(COc2ccc(CC)cc2)nnc1SCC(=O)Nc1cccc(F)c1. The number of carbonyl (C=O) groups is 1. The molecule has 30 heavy (non-hydrogen) atoms. The van der Waals surface area contributed by atoms with E-state index in [9.17, 15) is 9.18 Å². The van der Waals surface area contributed by atoms with E-state index in [-0.39, 0.29) is 18.3 Å². The van der Waals surface area contributed by atoms with Gasteiger partial charge in [0, 0.05) is 12.2 Å². The summed E-state index contributed by atoms with van der Waals surface area (Å²) in [6.07, 6.45) is 2.71. The number of aryl methyl sites for hydroxylation is 1. The van der Waals surface area contributed by atoms with E-state index in [1.807, 2.05) is 28.8 Å². The molecule has 1 amide bonds. The summed E-state index contributed by atoms with van der Waals surface area (Å²) in [4.78, 5) is 12.2. The van der Waals surface area contributed by atoms with Gasteiger partial charge >= 0.3 is 0 Å². The highest BCUT2D eigenvalue weighted by molar-refractivity contribution is 7.99. The number of carbonyl (C=O) groups excluding carboxylic acids is 1. The topological polar surface area (TPSA) is 69.0 Å². The smallest absolute Gasteiger partial charge is 0.234 e. The van der Waals surface area contributed by atoms with E-state index < -0.39 is 5.82 Å². The molecule has 0 radical (unpaired) electrons. The minimum Gasteiger partial charge on any atom is -0.486 e. The van der Waals surface area contributed by atoms with Gasteiger partial charge in [0.25, 0.3) is 0 Å². The predicted molar refractivity (Wildman–Crippen MR) is 116 cm³/mol. The zero-order valence-electron chi connectivity index (χ0n) is 16.7. The number of hydrogen-bond donors (Lipinski definition) is 1. The lowest BCUT2D eigenvalue weighted by molar-refractivity contribution is -0.113. The molecule has 2 aromatic carbocycles. The van der Waals surface area contributed by atoms with Crippen LogP contribution < -0.4 is 10.1 Å². The summed E-state index contributed by atoms with van der Waals surface area (Å²) in [5.74, 6) is 0.852. The number of anilines is 1. The number of rotatable bonds is 10. The lowest BCUT2D eigenvalue weighted by atomic mass is 10.2. The van der Waals surface area contributed by atoms with E-state index in [2.05, 4.69) is 29.0 Å². The molecule has 0 atom stereocenters. The Kier molecular flexibility index (Phi) is 7.62. The number of nitrogens with one attached hydrogen (secondary N) is 1. The summed E-state index contributed by atoms with van der Waals surface area (Å²) in [5.41, 5.74) is 1.66. The van der Waals surface area contributed by atoms with Crippen LogP contribution in [0.3, 0.4) is 0 Å². The van der Waals surface area contributed by atoms with Crippen molar-refractivity contribution in [3.8, 4) is 5.75 Å². The Morgan fingerprint density at radius 2 is 2.07 bits per heavy atom. The summed E-state index contributed by atoms with van der Waals surface area (Å²) in [6, 6.07) is 13.7. The summed E-state index contributed by atoms with van der Waals surface area (Å²) in [6.45, 7) is 6.62. The number of hydrogen-bond acceptors (Lipinski definition) is 5. The molecule has 0 aliphatic heterocycles. The fourth-order valence-corrected chi connectivity index (χ4v) is 3.47. The third kappa shape index (κ3) is 5.93. The number of allylic oxidation sites excluding steroid dienone is 1. The highest BCUT2D eigenvalue weighted by Crippen LogP contribution is 2.20. The van der Waals surface area contributed by atoms with E-state index in [0.717, 1.165) is 12.2 Å². The Balaban J connectivity index is 1.60. The van der Waals surface area contributed by atoms with Crippen LogP contribution >= 0.6 is 11.8 Å². The quantitative estimate of drug-likeness (QED) is 0.383. The van der Waals surface area contributed by atoms with Crippen LogP contribution in [-0.2, 0) is 24.4 Å². The van der Waals surface area contributed by atoms with Crippen LogP contribution in [0, 0.1) is 5.82 Å². The molecule has 1 aromatic heterocycles. The minimum atomic E-state index is -0.403. The first-order valence-electron chi connectivity index (χ1n) is 9.52. The lowest BCUT2D eigenvalue weighted by Crippen LogP contribution is -2.15. The third-order valence-corrected chi connectivity index (χ3v) is 5.21. The lowest BCUT2D eigenvalue weighted by Gasteiger charge is -2.10. The van der Waals surface area contributed by atoms with Gasteiger partial charge in [-0.3, -0.25) is 9.36 Å². The fourth-order valence-electron chi connectivity index (χ4n) is 2.71. The van der Waals surface area contributed by atoms with Gasteiger partial charge in [-0.25, -0.2) is 4.39 Å². The van der Waals surface area contributed by atoms with E-state index in [4.69, 9.17) is 4.74 Å². The van der Waals surface area contributed by atoms with Crippen molar-refractivity contribution < 1.29 is 13.9 Å². The predicted octanol–water partition coefficient (Wildman–Crippen LogP) is 4.48. The minimum absolute atomic E-state index is 0.116. The molecule has 6 nitrogen and oxygen atoms in total. The molecule has 0 unspecified atom stereocenters. The second-order valence-corrected chi connectivity index (χ2v) is 7.37. The standard InChI is InChI=1S/C22H23FN4O2S/c1-3-12-27-20(14-29-19-10-8-16(4-2)9-11-19)25-26-22(27)30-15-21(28)24-18-7-5-6-17(23)13-18/h3,5-11,13H,1,4,12,14-15H2,2H3,(H,24,28). The molecule has 3 aromatic rings. The van der Waals surface area contributed by atoms with E-state index in [1.165, 1.54) is 29.5 Å². The highest BCUT2D eigenvalue weighted by atomic mass is 32.2. The Labute approximate surface area is 179 Å². The number of aromatic nitrogens is 3. The van der Waals surface area contributed by atoms with Crippen molar-refractivity contribution in [3.05, 3.63) is 78.4 Å². The molecular weight excluding hydrogens is 403 g/mol. The molecule has 0 aliphatic rings. The average molecular weight is 427 g/mol. The normalized spacial score (nSPS) is 10.6. The Hall–Kier alpha value is -3.13. The zero-order chi connectivity index (χ0) is 21.3. The number of nitrogens with zero attached hydrogens (tertiary/aromatic N) is 3. The van der Waals surface area contributed by atoms with Gasteiger partial charge in [-0.1, -0.05) is 43.0 Å². The van der Waals surface area contributed by atoms with Gasteiger partial charge in [0.2, 0.25) is 5.91 Å². The highest BCUT2D eigenvalue weighted by Gasteiger charge is 2.14. The summed E-state index contributed by atoms with van der Waals surface area (Å²) in [7, 11) is 0. The Morgan fingerprint density at radius 3 is 2.77 bits per heavy atom. The van der Waals surface area contributed by atoms with E-state index in [1.54, 1.807) is 18.2 Å². The fraction of sp³-hybridized carbons (Fsp3) is 0.227. The van der Waals surface area contributed by atoms with Crippen LogP contribution in [0.25, 0.3) is 0 Å². The number of amides is 1. The second-order valence-electron chi connectivity index (χ2n) is 6.43. The molecule has 3 rings (SSSR count). The van der Waals surface area contributed by atoms with Crippen LogP contribution in [0.4, 0.5) is 10.1 Å². The second kappa shape index (κ2) is 10.6. The van der Waals surface area contributed by atoms with E-state index in [0.29, 0.717) is 23.2 Å². The Bertz CT molecular complexity index is 1000. The van der Waals surface area contributed by atoms with Crippen molar-refractivity contribution in [2.24, 2.45) is 0 Å². The number of thioether (sulfide) groups is 1. The average Bonchev–Trinajstić information content (AvgIpc) is 3.13. The van der Waals surface area contributed by atoms with Crippen LogP contribution in [0.5, 0.6) is 5.75 Å². The monoisotopic (exact) mass is 426 g/mol. The van der Waals surface area contributed by atoms with Crippen molar-refractivity contribution in [2.45, 2.75) is 31.7 Å². The summed E-state index contributed by atoms with van der Waals surface area (Å²) < 4.78 is 20.9. The van der Waals surface area contributed by atoms with Crippen LogP contribution in [-0.4, -0.2) is 26.4 Å². The number of halogens is 1. The molecule has 1 heterocycles. The van der Waals surface area contributed by atoms with Gasteiger partial charge in [-0.15, -0.1) is 16.8 Å². The molecule has 0 bridgehead atoms. The zero-order valence-corrected chi connectivity index (χ0v) is 17.5. The van der Waals surface area contributed by atoms with Gasteiger partial charge in [-0.05, 0) is 42.3 Å².